The van der Waals surface area contributed by atoms with E-state index in [0.29, 0.717) is 0 Å². The van der Waals surface area contributed by atoms with Crippen LogP contribution in [-0.4, -0.2) is 9.13 Å². The summed E-state index contributed by atoms with van der Waals surface area (Å²) in [7, 11) is 0. The zero-order valence-corrected chi connectivity index (χ0v) is 34.0. The topological polar surface area (TPSA) is 9.86 Å². The summed E-state index contributed by atoms with van der Waals surface area (Å²) in [4.78, 5) is 0. The minimum atomic E-state index is 1.10. The predicted octanol–water partition coefficient (Wildman–Crippen LogP) is 16.4. The summed E-state index contributed by atoms with van der Waals surface area (Å²) in [6, 6.07) is 88.7. The number of para-hydroxylation sites is 4. The van der Waals surface area contributed by atoms with E-state index in [1.165, 1.54) is 64.6 Å². The van der Waals surface area contributed by atoms with Crippen LogP contribution < -0.4 is 0 Å². The lowest BCUT2D eigenvalue weighted by Gasteiger charge is -2.15. The Bertz CT molecular complexity index is 3390. The van der Waals surface area contributed by atoms with Crippen molar-refractivity contribution in [1.29, 1.82) is 0 Å². The van der Waals surface area contributed by atoms with E-state index in [1.54, 1.807) is 0 Å². The second-order valence-corrected chi connectivity index (χ2v) is 16.0. The van der Waals surface area contributed by atoms with Crippen molar-refractivity contribution in [2.45, 2.75) is 0 Å². The van der Waals surface area contributed by atoms with Crippen LogP contribution in [0.1, 0.15) is 0 Å². The van der Waals surface area contributed by atoms with E-state index >= 15 is 0 Å². The highest BCUT2D eigenvalue weighted by atomic mass is 15.0. The number of benzene rings is 10. The molecular formula is C60H40N2. The first-order valence-electron chi connectivity index (χ1n) is 21.4. The molecule has 0 unspecified atom stereocenters. The fourth-order valence-corrected chi connectivity index (χ4v) is 9.82. The summed E-state index contributed by atoms with van der Waals surface area (Å²) in [6.07, 6.45) is 0. The molecular weight excluding hydrogens is 749 g/mol. The van der Waals surface area contributed by atoms with Gasteiger partial charge in [-0.2, -0.15) is 0 Å². The standard InChI is InChI=1S/C60H40N2/c1-5-21-49-45(17-1)46-18-2-6-22-50(46)54-26-10-14-30-58(54)61(57-29-13-9-25-53(49)57)43-37-33-41(34-38-43)42-35-39-44(40-36-42)62-59-31-15-11-27-55(59)51-23-7-3-19-47(51)48-20-4-8-24-52(48)56-28-12-16-32-60(56)62/h1-40H. The molecule has 10 aromatic carbocycles. The largest absolute Gasteiger partial charge is 0.309 e. The Labute approximate surface area is 359 Å². The minimum Gasteiger partial charge on any atom is -0.309 e. The predicted molar refractivity (Wildman–Crippen MR) is 266 cm³/mol. The van der Waals surface area contributed by atoms with Gasteiger partial charge in [-0.3, -0.25) is 0 Å². The van der Waals surface area contributed by atoms with Crippen LogP contribution in [0.15, 0.2) is 243 Å². The molecule has 0 spiro atoms. The van der Waals surface area contributed by atoms with Gasteiger partial charge in [0.1, 0.15) is 0 Å². The number of fused-ring (bicyclic) bond motifs is 14. The first kappa shape index (κ1) is 35.7. The molecule has 0 radical (unpaired) electrons. The quantitative estimate of drug-likeness (QED) is 0.169. The maximum atomic E-state index is 2.44. The van der Waals surface area contributed by atoms with Crippen LogP contribution in [-0.2, 0) is 0 Å². The van der Waals surface area contributed by atoms with Gasteiger partial charge in [-0.05, 0) is 103 Å². The maximum absolute atomic E-state index is 2.44. The van der Waals surface area contributed by atoms with Gasteiger partial charge in [0.15, 0.2) is 0 Å². The molecule has 0 N–H and O–H groups in total. The maximum Gasteiger partial charge on any atom is 0.0540 e. The summed E-state index contributed by atoms with van der Waals surface area (Å²) in [5.41, 5.74) is 9.11. The third-order valence-electron chi connectivity index (χ3n) is 12.6. The monoisotopic (exact) mass is 788 g/mol. The summed E-state index contributed by atoms with van der Waals surface area (Å²) in [5.74, 6) is 0. The van der Waals surface area contributed by atoms with Gasteiger partial charge in [0.2, 0.25) is 0 Å². The van der Waals surface area contributed by atoms with Crippen molar-refractivity contribution >= 4 is 86.7 Å². The van der Waals surface area contributed by atoms with E-state index in [9.17, 15) is 0 Å². The van der Waals surface area contributed by atoms with Crippen molar-refractivity contribution in [1.82, 2.24) is 9.13 Å². The Kier molecular flexibility index (Phi) is 8.53. The smallest absolute Gasteiger partial charge is 0.0540 e. The molecule has 0 atom stereocenters. The molecule has 12 rings (SSSR count). The third-order valence-corrected chi connectivity index (χ3v) is 12.6. The van der Waals surface area contributed by atoms with E-state index in [-0.39, 0.29) is 0 Å². The van der Waals surface area contributed by atoms with Crippen molar-refractivity contribution in [3.8, 4) is 22.5 Å². The summed E-state index contributed by atoms with van der Waals surface area (Å²) >= 11 is 0. The third kappa shape index (κ3) is 5.80. The Morgan fingerprint density at radius 2 is 0.339 bits per heavy atom. The van der Waals surface area contributed by atoms with Gasteiger partial charge >= 0.3 is 0 Å². The number of nitrogens with zero attached hydrogens (tertiary/aromatic N) is 2. The SMILES string of the molecule is c1ccc2c(c1)c1ccccc1c1ccccc1n(-c1ccc(-c3ccc(-n4c5ccccc5c5ccccc5c5ccccc5c5ccccc54)cc3)cc1)c1ccccc21. The number of hydrogen-bond acceptors (Lipinski definition) is 0. The average molecular weight is 789 g/mol. The highest BCUT2D eigenvalue weighted by molar-refractivity contribution is 6.21. The van der Waals surface area contributed by atoms with E-state index in [1.807, 2.05) is 0 Å². The second-order valence-electron chi connectivity index (χ2n) is 16.0. The molecule has 0 saturated heterocycles. The van der Waals surface area contributed by atoms with Crippen LogP contribution in [0.5, 0.6) is 0 Å². The first-order chi connectivity index (χ1) is 30.8. The molecule has 2 heterocycles. The molecule has 62 heavy (non-hydrogen) atoms. The molecule has 2 heteroatoms. The van der Waals surface area contributed by atoms with Crippen molar-refractivity contribution < 1.29 is 0 Å². The molecule has 0 aliphatic rings. The zero-order chi connectivity index (χ0) is 41.0. The van der Waals surface area contributed by atoms with Gasteiger partial charge in [0.25, 0.3) is 0 Å². The molecule has 2 nitrogen and oxygen atoms in total. The molecule has 2 aromatic heterocycles. The van der Waals surface area contributed by atoms with Crippen LogP contribution in [0, 0.1) is 0 Å². The zero-order valence-electron chi connectivity index (χ0n) is 34.0. The molecule has 0 amide bonds. The second kappa shape index (κ2) is 14.8. The number of rotatable bonds is 3. The van der Waals surface area contributed by atoms with Crippen LogP contribution in [0.25, 0.3) is 109 Å². The summed E-state index contributed by atoms with van der Waals surface area (Å²) in [6.45, 7) is 0. The molecule has 0 aliphatic carbocycles. The van der Waals surface area contributed by atoms with Gasteiger partial charge < -0.3 is 9.13 Å². The molecule has 0 saturated carbocycles. The van der Waals surface area contributed by atoms with E-state index in [4.69, 9.17) is 0 Å². The Hall–Kier alpha value is -8.20. The van der Waals surface area contributed by atoms with E-state index < -0.39 is 0 Å². The fourth-order valence-electron chi connectivity index (χ4n) is 9.82. The molecule has 0 fully saturated rings. The van der Waals surface area contributed by atoms with Crippen LogP contribution in [0.4, 0.5) is 0 Å². The number of aromatic nitrogens is 2. The van der Waals surface area contributed by atoms with Crippen molar-refractivity contribution in [3.05, 3.63) is 243 Å². The molecule has 290 valence electrons. The highest BCUT2D eigenvalue weighted by Crippen LogP contribution is 2.37. The fraction of sp³-hybridized carbons (Fsp3) is 0. The molecule has 0 bridgehead atoms. The van der Waals surface area contributed by atoms with Gasteiger partial charge in [-0.25, -0.2) is 0 Å². The molecule has 12 aromatic rings. The molecule has 0 aliphatic heterocycles. The Balaban J connectivity index is 1.06. The Morgan fingerprint density at radius 3 is 0.565 bits per heavy atom. The summed E-state index contributed by atoms with van der Waals surface area (Å²) < 4.78 is 4.87. The first-order valence-corrected chi connectivity index (χ1v) is 21.4. The van der Waals surface area contributed by atoms with Gasteiger partial charge in [-0.1, -0.05) is 194 Å². The average Bonchev–Trinajstić information content (AvgIpc) is 3.42. The number of hydrogen-bond donors (Lipinski definition) is 0. The highest BCUT2D eigenvalue weighted by Gasteiger charge is 2.13. The lowest BCUT2D eigenvalue weighted by Crippen LogP contribution is -1.98. The van der Waals surface area contributed by atoms with Gasteiger partial charge in [0.05, 0.1) is 22.1 Å². The van der Waals surface area contributed by atoms with E-state index in [0.717, 1.165) is 44.6 Å². The lowest BCUT2D eigenvalue weighted by atomic mass is 10.0. The van der Waals surface area contributed by atoms with Gasteiger partial charge in [-0.15, -0.1) is 0 Å². The van der Waals surface area contributed by atoms with Crippen LogP contribution >= 0.6 is 0 Å². The van der Waals surface area contributed by atoms with Crippen LogP contribution in [0.2, 0.25) is 0 Å². The van der Waals surface area contributed by atoms with E-state index in [2.05, 4.69) is 252 Å². The van der Waals surface area contributed by atoms with Crippen LogP contribution in [0.3, 0.4) is 0 Å². The lowest BCUT2D eigenvalue weighted by molar-refractivity contribution is 1.17. The normalized spacial score (nSPS) is 11.5. The Morgan fingerprint density at radius 1 is 0.161 bits per heavy atom. The van der Waals surface area contributed by atoms with Crippen molar-refractivity contribution in [3.63, 3.8) is 0 Å². The summed E-state index contributed by atoms with van der Waals surface area (Å²) in [5, 5.41) is 14.6. The van der Waals surface area contributed by atoms with Gasteiger partial charge in [0, 0.05) is 32.9 Å². The minimum absolute atomic E-state index is 1.10. The van der Waals surface area contributed by atoms with Crippen molar-refractivity contribution in [2.24, 2.45) is 0 Å². The van der Waals surface area contributed by atoms with Crippen molar-refractivity contribution in [2.75, 3.05) is 0 Å².